The van der Waals surface area contributed by atoms with Crippen LogP contribution in [0.3, 0.4) is 0 Å². The molecule has 1 aliphatic heterocycles. The van der Waals surface area contributed by atoms with E-state index in [0.29, 0.717) is 22.3 Å². The fourth-order valence-electron chi connectivity index (χ4n) is 2.17. The van der Waals surface area contributed by atoms with Gasteiger partial charge in [-0.05, 0) is 31.2 Å². The number of carbonyl (C=O) groups excluding carboxylic acids is 1. The molecule has 0 bridgehead atoms. The Bertz CT molecular complexity index is 470. The van der Waals surface area contributed by atoms with E-state index < -0.39 is 0 Å². The summed E-state index contributed by atoms with van der Waals surface area (Å²) in [6, 6.07) is 4.90. The number of hydrogen-bond donors (Lipinski definition) is 1. The van der Waals surface area contributed by atoms with Gasteiger partial charge in [-0.25, -0.2) is 0 Å². The van der Waals surface area contributed by atoms with Gasteiger partial charge in [0.25, 0.3) is 0 Å². The molecule has 0 radical (unpaired) electrons. The van der Waals surface area contributed by atoms with Gasteiger partial charge >= 0.3 is 0 Å². The highest BCUT2D eigenvalue weighted by Crippen LogP contribution is 2.25. The quantitative estimate of drug-likeness (QED) is 0.926. The summed E-state index contributed by atoms with van der Waals surface area (Å²) >= 11 is 11.8. The van der Waals surface area contributed by atoms with Crippen LogP contribution in [0.2, 0.25) is 10.0 Å². The van der Waals surface area contributed by atoms with Crippen molar-refractivity contribution in [2.24, 2.45) is 5.92 Å². The van der Waals surface area contributed by atoms with E-state index in [4.69, 9.17) is 23.2 Å². The van der Waals surface area contributed by atoms with Crippen LogP contribution in [0.1, 0.15) is 6.42 Å². The van der Waals surface area contributed by atoms with E-state index in [9.17, 15) is 9.18 Å². The van der Waals surface area contributed by atoms with Gasteiger partial charge in [-0.3, -0.25) is 14.1 Å². The molecule has 104 valence electrons. The first-order chi connectivity index (χ1) is 9.08. The van der Waals surface area contributed by atoms with Gasteiger partial charge < -0.3 is 5.32 Å². The molecular formula is C13H15Cl2FN2O. The standard InChI is InChI=1S/C13H15Cl2FN2O/c14-10-1-2-11(15)12(5-10)17-13(19)8-18-4-3-9(6-16)7-18/h1-2,5,9H,3-4,6-8H2,(H,17,19). The minimum atomic E-state index is -0.321. The first-order valence-electron chi connectivity index (χ1n) is 6.11. The molecule has 1 atom stereocenters. The van der Waals surface area contributed by atoms with E-state index >= 15 is 0 Å². The summed E-state index contributed by atoms with van der Waals surface area (Å²) in [6.45, 7) is 1.32. The number of nitrogens with one attached hydrogen (secondary N) is 1. The molecule has 1 aromatic carbocycles. The second-order valence-corrected chi connectivity index (χ2v) is 5.56. The third-order valence-electron chi connectivity index (χ3n) is 3.16. The van der Waals surface area contributed by atoms with Crippen molar-refractivity contribution < 1.29 is 9.18 Å². The van der Waals surface area contributed by atoms with Crippen molar-refractivity contribution in [1.29, 1.82) is 0 Å². The molecule has 1 amide bonds. The number of likely N-dealkylation sites (tertiary alicyclic amines) is 1. The summed E-state index contributed by atoms with van der Waals surface area (Å²) in [5, 5.41) is 3.68. The van der Waals surface area contributed by atoms with Gasteiger partial charge in [0.1, 0.15) is 0 Å². The van der Waals surface area contributed by atoms with Crippen molar-refractivity contribution in [3.63, 3.8) is 0 Å². The first kappa shape index (κ1) is 14.6. The van der Waals surface area contributed by atoms with E-state index in [1.807, 2.05) is 4.90 Å². The monoisotopic (exact) mass is 304 g/mol. The molecule has 1 N–H and O–H groups in total. The predicted octanol–water partition coefficient (Wildman–Crippen LogP) is 3.22. The minimum Gasteiger partial charge on any atom is -0.324 e. The number of benzene rings is 1. The van der Waals surface area contributed by atoms with E-state index in [2.05, 4.69) is 5.32 Å². The lowest BCUT2D eigenvalue weighted by Gasteiger charge is -2.15. The smallest absolute Gasteiger partial charge is 0.238 e. The lowest BCUT2D eigenvalue weighted by molar-refractivity contribution is -0.117. The van der Waals surface area contributed by atoms with E-state index in [-0.39, 0.29) is 25.0 Å². The molecule has 0 aromatic heterocycles. The second-order valence-electron chi connectivity index (χ2n) is 4.72. The summed E-state index contributed by atoms with van der Waals surface area (Å²) in [7, 11) is 0. The van der Waals surface area contributed by atoms with Gasteiger partial charge in [-0.2, -0.15) is 0 Å². The van der Waals surface area contributed by atoms with Crippen LogP contribution in [0.5, 0.6) is 0 Å². The average Bonchev–Trinajstić information content (AvgIpc) is 2.81. The highest BCUT2D eigenvalue weighted by molar-refractivity contribution is 6.35. The van der Waals surface area contributed by atoms with Crippen LogP contribution in [-0.2, 0) is 4.79 Å². The Labute approximate surface area is 121 Å². The van der Waals surface area contributed by atoms with Crippen LogP contribution in [-0.4, -0.2) is 37.1 Å². The zero-order chi connectivity index (χ0) is 13.8. The molecule has 19 heavy (non-hydrogen) atoms. The van der Waals surface area contributed by atoms with Gasteiger partial charge in [-0.1, -0.05) is 23.2 Å². The average molecular weight is 305 g/mol. The van der Waals surface area contributed by atoms with Crippen molar-refractivity contribution in [2.75, 3.05) is 31.6 Å². The van der Waals surface area contributed by atoms with Crippen molar-refractivity contribution in [1.82, 2.24) is 4.90 Å². The molecule has 1 aromatic rings. The van der Waals surface area contributed by atoms with Gasteiger partial charge in [0.2, 0.25) is 5.91 Å². The molecule has 2 rings (SSSR count). The zero-order valence-electron chi connectivity index (χ0n) is 10.3. The first-order valence-corrected chi connectivity index (χ1v) is 6.87. The SMILES string of the molecule is O=C(CN1CCC(CF)C1)Nc1cc(Cl)ccc1Cl. The Morgan fingerprint density at radius 2 is 2.26 bits per heavy atom. The van der Waals surface area contributed by atoms with Crippen molar-refractivity contribution >= 4 is 34.8 Å². The maximum atomic E-state index is 12.5. The number of hydrogen-bond acceptors (Lipinski definition) is 2. The number of anilines is 1. The van der Waals surface area contributed by atoms with E-state index in [1.54, 1.807) is 18.2 Å². The molecule has 0 aliphatic carbocycles. The van der Waals surface area contributed by atoms with Crippen LogP contribution in [0, 0.1) is 5.92 Å². The summed E-state index contributed by atoms with van der Waals surface area (Å²) in [5.74, 6) is -0.105. The van der Waals surface area contributed by atoms with Crippen molar-refractivity contribution in [3.05, 3.63) is 28.2 Å². The van der Waals surface area contributed by atoms with Gasteiger partial charge in [0.05, 0.1) is 23.9 Å². The molecule has 1 heterocycles. The minimum absolute atomic E-state index is 0.0579. The van der Waals surface area contributed by atoms with E-state index in [1.165, 1.54) is 0 Å². The fraction of sp³-hybridized carbons (Fsp3) is 0.462. The van der Waals surface area contributed by atoms with Gasteiger partial charge in [0, 0.05) is 17.5 Å². The number of amides is 1. The van der Waals surface area contributed by atoms with Crippen molar-refractivity contribution in [3.8, 4) is 0 Å². The third kappa shape index (κ3) is 4.06. The molecule has 1 unspecified atom stereocenters. The number of halogens is 3. The molecule has 1 fully saturated rings. The van der Waals surface area contributed by atoms with Crippen LogP contribution in [0.15, 0.2) is 18.2 Å². The molecular weight excluding hydrogens is 290 g/mol. The molecule has 6 heteroatoms. The summed E-state index contributed by atoms with van der Waals surface area (Å²) < 4.78 is 12.5. The van der Waals surface area contributed by atoms with Crippen LogP contribution < -0.4 is 5.32 Å². The Balaban J connectivity index is 1.89. The third-order valence-corrected chi connectivity index (χ3v) is 3.72. The predicted molar refractivity (Wildman–Crippen MR) is 75.6 cm³/mol. The molecule has 0 saturated carbocycles. The Hall–Kier alpha value is -0.840. The maximum absolute atomic E-state index is 12.5. The Kier molecular flexibility index (Phi) is 5.02. The molecule has 0 spiro atoms. The molecule has 1 saturated heterocycles. The lowest BCUT2D eigenvalue weighted by atomic mass is 10.1. The summed E-state index contributed by atoms with van der Waals surface area (Å²) in [6.07, 6.45) is 0.807. The van der Waals surface area contributed by atoms with Crippen LogP contribution in [0.4, 0.5) is 10.1 Å². The summed E-state index contributed by atoms with van der Waals surface area (Å²) in [5.41, 5.74) is 0.500. The Morgan fingerprint density at radius 3 is 2.95 bits per heavy atom. The number of nitrogens with zero attached hydrogens (tertiary/aromatic N) is 1. The van der Waals surface area contributed by atoms with Crippen LogP contribution in [0.25, 0.3) is 0 Å². The molecule has 3 nitrogen and oxygen atoms in total. The number of rotatable bonds is 4. The second kappa shape index (κ2) is 6.55. The van der Waals surface area contributed by atoms with Gasteiger partial charge in [-0.15, -0.1) is 0 Å². The number of alkyl halides is 1. The normalized spacial score (nSPS) is 19.6. The lowest BCUT2D eigenvalue weighted by Crippen LogP contribution is -2.31. The number of carbonyl (C=O) groups is 1. The zero-order valence-corrected chi connectivity index (χ0v) is 11.8. The fourth-order valence-corrected chi connectivity index (χ4v) is 2.51. The highest BCUT2D eigenvalue weighted by Gasteiger charge is 2.23. The topological polar surface area (TPSA) is 32.3 Å². The Morgan fingerprint density at radius 1 is 1.47 bits per heavy atom. The maximum Gasteiger partial charge on any atom is 0.238 e. The van der Waals surface area contributed by atoms with E-state index in [0.717, 1.165) is 13.0 Å². The van der Waals surface area contributed by atoms with Gasteiger partial charge in [0.15, 0.2) is 0 Å². The largest absolute Gasteiger partial charge is 0.324 e. The van der Waals surface area contributed by atoms with Crippen molar-refractivity contribution in [2.45, 2.75) is 6.42 Å². The summed E-state index contributed by atoms with van der Waals surface area (Å²) in [4.78, 5) is 13.8. The van der Waals surface area contributed by atoms with Crippen LogP contribution >= 0.6 is 23.2 Å². The molecule has 1 aliphatic rings. The highest BCUT2D eigenvalue weighted by atomic mass is 35.5.